The van der Waals surface area contributed by atoms with Gasteiger partial charge in [-0.15, -0.1) is 0 Å². The highest BCUT2D eigenvalue weighted by Gasteiger charge is 2.31. The summed E-state index contributed by atoms with van der Waals surface area (Å²) >= 11 is 0. The molecule has 0 unspecified atom stereocenters. The summed E-state index contributed by atoms with van der Waals surface area (Å²) in [6.07, 6.45) is -4.36. The summed E-state index contributed by atoms with van der Waals surface area (Å²) in [5.74, 6) is 0.905. The lowest BCUT2D eigenvalue weighted by atomic mass is 10.1. The largest absolute Gasteiger partial charge is 0.416 e. The SMILES string of the molecule is Cc1ccc(-c2oc(C)n[n+]2-c2ccc(C(F)(F)F)cc2)cc1. The average molecular weight is 319 g/mol. The van der Waals surface area contributed by atoms with Crippen LogP contribution in [0.4, 0.5) is 13.2 Å². The minimum Gasteiger partial charge on any atom is -0.382 e. The number of nitrogens with zero attached hydrogens (tertiary/aromatic N) is 2. The van der Waals surface area contributed by atoms with Crippen molar-refractivity contribution in [3.8, 4) is 17.1 Å². The second kappa shape index (κ2) is 5.53. The van der Waals surface area contributed by atoms with E-state index < -0.39 is 11.7 Å². The first-order chi connectivity index (χ1) is 10.8. The Kier molecular flexibility index (Phi) is 3.67. The van der Waals surface area contributed by atoms with E-state index in [1.54, 1.807) is 6.92 Å². The van der Waals surface area contributed by atoms with Crippen molar-refractivity contribution in [2.45, 2.75) is 20.0 Å². The van der Waals surface area contributed by atoms with Crippen molar-refractivity contribution in [1.29, 1.82) is 0 Å². The molecule has 0 amide bonds. The molecule has 1 heterocycles. The van der Waals surface area contributed by atoms with Crippen LogP contribution < -0.4 is 4.68 Å². The Balaban J connectivity index is 2.05. The molecule has 0 spiro atoms. The number of benzene rings is 2. The van der Waals surface area contributed by atoms with Gasteiger partial charge in [-0.3, -0.25) is 0 Å². The molecule has 3 rings (SSSR count). The molecule has 0 aliphatic heterocycles. The number of alkyl halides is 3. The zero-order valence-electron chi connectivity index (χ0n) is 12.6. The van der Waals surface area contributed by atoms with E-state index in [1.807, 2.05) is 31.2 Å². The number of hydrogen-bond donors (Lipinski definition) is 0. The molecule has 0 N–H and O–H groups in total. The van der Waals surface area contributed by atoms with E-state index in [2.05, 4.69) is 5.10 Å². The lowest BCUT2D eigenvalue weighted by Crippen LogP contribution is -2.34. The molecule has 0 aliphatic carbocycles. The fourth-order valence-corrected chi connectivity index (χ4v) is 2.23. The molecule has 23 heavy (non-hydrogen) atoms. The Labute approximate surface area is 131 Å². The van der Waals surface area contributed by atoms with Gasteiger partial charge in [0.1, 0.15) is 0 Å². The van der Waals surface area contributed by atoms with Gasteiger partial charge in [0.15, 0.2) is 0 Å². The van der Waals surface area contributed by atoms with E-state index in [0.717, 1.165) is 23.3 Å². The third-order valence-corrected chi connectivity index (χ3v) is 3.42. The monoisotopic (exact) mass is 319 g/mol. The van der Waals surface area contributed by atoms with Crippen LogP contribution in [0.15, 0.2) is 52.9 Å². The van der Waals surface area contributed by atoms with Crippen LogP contribution >= 0.6 is 0 Å². The van der Waals surface area contributed by atoms with Crippen LogP contribution in [0.2, 0.25) is 0 Å². The van der Waals surface area contributed by atoms with Crippen LogP contribution in [-0.2, 0) is 6.18 Å². The van der Waals surface area contributed by atoms with Gasteiger partial charge >= 0.3 is 12.1 Å². The Morgan fingerprint density at radius 3 is 2.09 bits per heavy atom. The van der Waals surface area contributed by atoms with Crippen molar-refractivity contribution in [1.82, 2.24) is 5.10 Å². The summed E-state index contributed by atoms with van der Waals surface area (Å²) in [4.78, 5) is 0. The molecule has 0 bridgehead atoms. The highest BCUT2D eigenvalue weighted by atomic mass is 19.4. The minimum atomic E-state index is -4.36. The van der Waals surface area contributed by atoms with E-state index in [0.29, 0.717) is 17.5 Å². The van der Waals surface area contributed by atoms with Crippen LogP contribution in [0.3, 0.4) is 0 Å². The van der Waals surface area contributed by atoms with Crippen molar-refractivity contribution >= 4 is 0 Å². The van der Waals surface area contributed by atoms with Crippen molar-refractivity contribution in [3.05, 3.63) is 65.5 Å². The van der Waals surface area contributed by atoms with Crippen LogP contribution in [0.1, 0.15) is 17.0 Å². The summed E-state index contributed by atoms with van der Waals surface area (Å²) in [6, 6.07) is 12.5. The molecule has 0 atom stereocenters. The summed E-state index contributed by atoms with van der Waals surface area (Å²) < 4.78 is 45.1. The van der Waals surface area contributed by atoms with E-state index >= 15 is 0 Å². The van der Waals surface area contributed by atoms with Gasteiger partial charge in [-0.25, -0.2) is 0 Å². The maximum atomic E-state index is 12.7. The van der Waals surface area contributed by atoms with Crippen LogP contribution in [-0.4, -0.2) is 5.10 Å². The minimum absolute atomic E-state index is 0.431. The molecular weight excluding hydrogens is 305 g/mol. The zero-order valence-corrected chi connectivity index (χ0v) is 12.6. The Morgan fingerprint density at radius 1 is 0.913 bits per heavy atom. The topological polar surface area (TPSA) is 29.9 Å². The lowest BCUT2D eigenvalue weighted by Gasteiger charge is -2.04. The number of aromatic nitrogens is 2. The van der Waals surface area contributed by atoms with E-state index in [4.69, 9.17) is 4.42 Å². The Bertz CT molecular complexity index is 819. The fourth-order valence-electron chi connectivity index (χ4n) is 2.23. The van der Waals surface area contributed by atoms with E-state index in [9.17, 15) is 13.2 Å². The molecule has 0 radical (unpaired) electrons. The maximum Gasteiger partial charge on any atom is 0.416 e. The maximum absolute atomic E-state index is 12.7. The number of halogens is 3. The molecule has 6 heteroatoms. The zero-order chi connectivity index (χ0) is 16.6. The second-order valence-corrected chi connectivity index (χ2v) is 5.25. The van der Waals surface area contributed by atoms with Crippen LogP contribution in [0, 0.1) is 13.8 Å². The van der Waals surface area contributed by atoms with Gasteiger partial charge in [0, 0.05) is 24.2 Å². The van der Waals surface area contributed by atoms with Crippen molar-refractivity contribution in [2.75, 3.05) is 0 Å². The van der Waals surface area contributed by atoms with Crippen molar-refractivity contribution in [3.63, 3.8) is 0 Å². The summed E-state index contributed by atoms with van der Waals surface area (Å²) in [5, 5.41) is 4.24. The van der Waals surface area contributed by atoms with Crippen LogP contribution in [0.25, 0.3) is 17.1 Å². The average Bonchev–Trinajstić information content (AvgIpc) is 2.89. The van der Waals surface area contributed by atoms with Gasteiger partial charge in [0.05, 0.1) is 11.1 Å². The Morgan fingerprint density at radius 2 is 1.52 bits per heavy atom. The van der Waals surface area contributed by atoms with Gasteiger partial charge in [-0.1, -0.05) is 17.7 Å². The predicted octanol–water partition coefficient (Wildman–Crippen LogP) is 4.25. The quantitative estimate of drug-likeness (QED) is 0.661. The first-order valence-electron chi connectivity index (χ1n) is 6.99. The normalized spacial score (nSPS) is 11.7. The van der Waals surface area contributed by atoms with Gasteiger partial charge < -0.3 is 4.42 Å². The highest BCUT2D eigenvalue weighted by Crippen LogP contribution is 2.29. The molecular formula is C17H14F3N2O+. The molecule has 0 aliphatic rings. The summed E-state index contributed by atoms with van der Waals surface area (Å²) in [5.41, 5.74) is 1.71. The second-order valence-electron chi connectivity index (χ2n) is 5.25. The van der Waals surface area contributed by atoms with Gasteiger partial charge in [0.25, 0.3) is 5.89 Å². The lowest BCUT2D eigenvalue weighted by molar-refractivity contribution is -0.648. The number of hydrogen-bond acceptors (Lipinski definition) is 2. The standard InChI is InChI=1S/C17H14F3N2O/c1-11-3-5-13(6-4-11)16-22(21-12(2)23-16)15-9-7-14(8-10-15)17(18,19)20/h3-10H,1-2H3/q+1. The first-order valence-corrected chi connectivity index (χ1v) is 6.99. The summed E-state index contributed by atoms with van der Waals surface area (Å²) in [6.45, 7) is 3.66. The predicted molar refractivity (Wildman–Crippen MR) is 77.9 cm³/mol. The fraction of sp³-hybridized carbons (Fsp3) is 0.176. The molecule has 118 valence electrons. The van der Waals surface area contributed by atoms with E-state index in [-0.39, 0.29) is 0 Å². The number of rotatable bonds is 2. The van der Waals surface area contributed by atoms with Gasteiger partial charge in [-0.05, 0) is 35.9 Å². The molecule has 1 aromatic heterocycles. The highest BCUT2D eigenvalue weighted by molar-refractivity contribution is 5.51. The third kappa shape index (κ3) is 3.11. The molecule has 3 aromatic rings. The Hall–Kier alpha value is -2.63. The third-order valence-electron chi connectivity index (χ3n) is 3.42. The first kappa shape index (κ1) is 15.3. The van der Waals surface area contributed by atoms with Crippen molar-refractivity contribution in [2.24, 2.45) is 0 Å². The molecule has 2 aromatic carbocycles. The van der Waals surface area contributed by atoms with E-state index in [1.165, 1.54) is 16.8 Å². The van der Waals surface area contributed by atoms with Gasteiger partial charge in [0.2, 0.25) is 5.69 Å². The molecule has 0 fully saturated rings. The van der Waals surface area contributed by atoms with Crippen molar-refractivity contribution < 1.29 is 22.3 Å². The number of aryl methyl sites for hydroxylation is 2. The molecule has 3 nitrogen and oxygen atoms in total. The summed E-state index contributed by atoms with van der Waals surface area (Å²) in [7, 11) is 0. The van der Waals surface area contributed by atoms with Crippen LogP contribution in [0.5, 0.6) is 0 Å². The molecule has 0 saturated heterocycles. The molecule has 0 saturated carbocycles. The smallest absolute Gasteiger partial charge is 0.382 e. The van der Waals surface area contributed by atoms with Gasteiger partial charge in [-0.2, -0.15) is 13.2 Å².